The third-order valence-corrected chi connectivity index (χ3v) is 15.1. The summed E-state index contributed by atoms with van der Waals surface area (Å²) in [6.45, 7) is 15.2. The molecule has 8 rings (SSSR count). The summed E-state index contributed by atoms with van der Waals surface area (Å²) in [6, 6.07) is 0. The molecular weight excluding hydrogens is 564 g/mol. The highest BCUT2D eigenvalue weighted by Gasteiger charge is 2.86. The molecule has 0 radical (unpaired) electrons. The van der Waals surface area contributed by atoms with Crippen LogP contribution in [-0.4, -0.2) is 92.5 Å². The average Bonchev–Trinajstić information content (AvgIpc) is 3.45. The van der Waals surface area contributed by atoms with Crippen molar-refractivity contribution in [1.82, 2.24) is 0 Å². The van der Waals surface area contributed by atoms with Gasteiger partial charge in [0, 0.05) is 23.2 Å². The highest BCUT2D eigenvalue weighted by atomic mass is 16.8. The van der Waals surface area contributed by atoms with Crippen molar-refractivity contribution in [3.63, 3.8) is 0 Å². The Morgan fingerprint density at radius 3 is 2.43 bits per heavy atom. The Kier molecular flexibility index (Phi) is 6.20. The molecule has 248 valence electrons. The van der Waals surface area contributed by atoms with Gasteiger partial charge in [-0.1, -0.05) is 46.3 Å². The Morgan fingerprint density at radius 1 is 1.00 bits per heavy atom. The first-order chi connectivity index (χ1) is 20.4. The number of rotatable bonds is 3. The van der Waals surface area contributed by atoms with Gasteiger partial charge >= 0.3 is 0 Å². The Bertz CT molecular complexity index is 1260. The zero-order valence-electron chi connectivity index (χ0n) is 27.5. The van der Waals surface area contributed by atoms with Crippen LogP contribution in [0.1, 0.15) is 93.4 Å². The summed E-state index contributed by atoms with van der Waals surface area (Å²) in [5.41, 5.74) is -0.594. The normalized spacial score (nSPS) is 60.4. The van der Waals surface area contributed by atoms with Crippen LogP contribution in [0.25, 0.3) is 0 Å². The van der Waals surface area contributed by atoms with Crippen molar-refractivity contribution in [2.24, 2.45) is 44.8 Å². The van der Waals surface area contributed by atoms with Crippen molar-refractivity contribution < 1.29 is 44.5 Å². The van der Waals surface area contributed by atoms with E-state index in [0.717, 1.165) is 38.5 Å². The minimum atomic E-state index is -1.31. The molecule has 5 aliphatic carbocycles. The van der Waals surface area contributed by atoms with Gasteiger partial charge in [-0.3, -0.25) is 0 Å². The van der Waals surface area contributed by atoms with Gasteiger partial charge in [0.05, 0.1) is 30.5 Å². The molecule has 16 atom stereocenters. The highest BCUT2D eigenvalue weighted by Crippen LogP contribution is 2.89. The SMILES string of the molecule is CC1CC2OC3(CC4(C)C5=CCC6C(C)(C)C(OC7OCC(O)C(O)C7O)CCC67CC57C(O)CC4(C)C13)OC2C(C)(C)O. The second-order valence-electron chi connectivity index (χ2n) is 17.9. The van der Waals surface area contributed by atoms with E-state index >= 15 is 0 Å². The molecule has 9 heteroatoms. The number of aliphatic hydroxyl groups excluding tert-OH is 4. The van der Waals surface area contributed by atoms with Crippen LogP contribution < -0.4 is 0 Å². The number of aliphatic hydroxyl groups is 5. The van der Waals surface area contributed by atoms with E-state index in [1.807, 2.05) is 13.8 Å². The lowest BCUT2D eigenvalue weighted by molar-refractivity contribution is -0.301. The maximum absolute atomic E-state index is 12.4. The predicted molar refractivity (Wildman–Crippen MR) is 159 cm³/mol. The van der Waals surface area contributed by atoms with Crippen molar-refractivity contribution in [1.29, 1.82) is 0 Å². The number of hydrogen-bond donors (Lipinski definition) is 5. The molecule has 0 aromatic rings. The topological polar surface area (TPSA) is 138 Å². The molecule has 16 unspecified atom stereocenters. The van der Waals surface area contributed by atoms with Crippen LogP contribution in [0.3, 0.4) is 0 Å². The third-order valence-electron chi connectivity index (χ3n) is 15.1. The quantitative estimate of drug-likeness (QED) is 0.302. The van der Waals surface area contributed by atoms with Crippen LogP contribution in [0.15, 0.2) is 11.6 Å². The van der Waals surface area contributed by atoms with E-state index in [-0.39, 0.29) is 63.8 Å². The molecule has 5 N–H and O–H groups in total. The summed E-state index contributed by atoms with van der Waals surface area (Å²) >= 11 is 0. The first-order valence-corrected chi connectivity index (χ1v) is 17.2. The number of allylic oxidation sites excluding steroid dienone is 1. The lowest BCUT2D eigenvalue weighted by atomic mass is 9.44. The van der Waals surface area contributed by atoms with E-state index < -0.39 is 42.1 Å². The molecule has 3 spiro atoms. The van der Waals surface area contributed by atoms with E-state index in [9.17, 15) is 25.5 Å². The van der Waals surface area contributed by atoms with Gasteiger partial charge < -0.3 is 44.5 Å². The Balaban J connectivity index is 1.13. The molecule has 0 aromatic heterocycles. The van der Waals surface area contributed by atoms with Crippen molar-refractivity contribution in [2.75, 3.05) is 6.61 Å². The first kappa shape index (κ1) is 30.7. The van der Waals surface area contributed by atoms with Crippen molar-refractivity contribution in [3.05, 3.63) is 11.6 Å². The second-order valence-corrected chi connectivity index (χ2v) is 17.9. The zero-order chi connectivity index (χ0) is 31.6. The van der Waals surface area contributed by atoms with Crippen molar-refractivity contribution in [3.8, 4) is 0 Å². The summed E-state index contributed by atoms with van der Waals surface area (Å²) in [4.78, 5) is 0. The van der Waals surface area contributed by atoms with Crippen LogP contribution in [-0.2, 0) is 18.9 Å². The molecule has 3 saturated heterocycles. The highest BCUT2D eigenvalue weighted by molar-refractivity contribution is 5.48. The number of hydrogen-bond acceptors (Lipinski definition) is 9. The summed E-state index contributed by atoms with van der Waals surface area (Å²) in [6.07, 6.45) is 2.44. The summed E-state index contributed by atoms with van der Waals surface area (Å²) in [7, 11) is 0. The van der Waals surface area contributed by atoms with Crippen molar-refractivity contribution >= 4 is 0 Å². The molecule has 8 aliphatic rings. The fourth-order valence-corrected chi connectivity index (χ4v) is 13.2. The van der Waals surface area contributed by atoms with Crippen molar-refractivity contribution in [2.45, 2.75) is 154 Å². The molecule has 3 heterocycles. The lowest BCUT2D eigenvalue weighted by Gasteiger charge is -2.61. The molecule has 3 aliphatic heterocycles. The standard InChI is InChI=1S/C35H54O9/c1-17-12-19-27(30(4,5)40)44-35(43-19)15-32(7)21-9-8-20-29(2,3)23(42-28-25(39)24(38)18(36)14-41-28)10-11-33(20)16-34(21,33)22(37)13-31(32,6)26(17)35/h9,17-20,22-28,36-40H,8,10-16H2,1-7H3. The van der Waals surface area contributed by atoms with Gasteiger partial charge in [0.1, 0.15) is 24.4 Å². The molecule has 0 aromatic carbocycles. The maximum atomic E-state index is 12.4. The number of ether oxygens (including phenoxy) is 4. The molecule has 2 bridgehead atoms. The van der Waals surface area contributed by atoms with Crippen LogP contribution in [0.4, 0.5) is 0 Å². The molecule has 0 amide bonds. The average molecular weight is 619 g/mol. The Hall–Kier alpha value is -0.620. The largest absolute Gasteiger partial charge is 0.392 e. The minimum absolute atomic E-state index is 0.0292. The number of fused-ring (bicyclic) bond motifs is 4. The Morgan fingerprint density at radius 2 is 1.73 bits per heavy atom. The van der Waals surface area contributed by atoms with Gasteiger partial charge in [0.15, 0.2) is 12.1 Å². The predicted octanol–water partition coefficient (Wildman–Crippen LogP) is 3.04. The molecular formula is C35H54O9. The minimum Gasteiger partial charge on any atom is -0.392 e. The molecule has 44 heavy (non-hydrogen) atoms. The van der Waals surface area contributed by atoms with Gasteiger partial charge in [0.2, 0.25) is 0 Å². The fourth-order valence-electron chi connectivity index (χ4n) is 13.2. The summed E-state index contributed by atoms with van der Waals surface area (Å²) < 4.78 is 25.8. The van der Waals surface area contributed by atoms with E-state index in [0.29, 0.717) is 12.3 Å². The summed E-state index contributed by atoms with van der Waals surface area (Å²) in [5, 5.41) is 54.2. The fraction of sp³-hybridized carbons (Fsp3) is 0.943. The van der Waals surface area contributed by atoms with E-state index in [2.05, 4.69) is 40.7 Å². The van der Waals surface area contributed by atoms with E-state index in [4.69, 9.17) is 18.9 Å². The Labute approximate surface area is 261 Å². The first-order valence-electron chi connectivity index (χ1n) is 17.2. The van der Waals surface area contributed by atoms with Crippen LogP contribution in [0.5, 0.6) is 0 Å². The zero-order valence-corrected chi connectivity index (χ0v) is 27.5. The van der Waals surface area contributed by atoms with E-state index in [1.165, 1.54) is 5.57 Å². The molecule has 9 nitrogen and oxygen atoms in total. The van der Waals surface area contributed by atoms with Gasteiger partial charge in [0.25, 0.3) is 0 Å². The smallest absolute Gasteiger partial charge is 0.186 e. The van der Waals surface area contributed by atoms with Gasteiger partial charge in [-0.05, 0) is 80.5 Å². The molecule has 4 saturated carbocycles. The van der Waals surface area contributed by atoms with E-state index in [1.54, 1.807) is 0 Å². The second kappa shape index (κ2) is 8.88. The lowest BCUT2D eigenvalue weighted by Crippen LogP contribution is -2.60. The third kappa shape index (κ3) is 3.42. The van der Waals surface area contributed by atoms with Gasteiger partial charge in [-0.2, -0.15) is 0 Å². The van der Waals surface area contributed by atoms with Gasteiger partial charge in [-0.25, -0.2) is 0 Å². The summed E-state index contributed by atoms with van der Waals surface area (Å²) in [5.74, 6) is -0.00580. The van der Waals surface area contributed by atoms with Crippen LogP contribution in [0.2, 0.25) is 0 Å². The van der Waals surface area contributed by atoms with Crippen LogP contribution in [0, 0.1) is 44.8 Å². The monoisotopic (exact) mass is 618 g/mol. The maximum Gasteiger partial charge on any atom is 0.186 e. The van der Waals surface area contributed by atoms with Crippen LogP contribution >= 0.6 is 0 Å². The molecule has 7 fully saturated rings. The van der Waals surface area contributed by atoms with Gasteiger partial charge in [-0.15, -0.1) is 0 Å².